The zero-order valence-corrected chi connectivity index (χ0v) is 16.4. The van der Waals surface area contributed by atoms with E-state index in [1.807, 2.05) is 19.1 Å². The Morgan fingerprint density at radius 3 is 2.70 bits per heavy atom. The minimum absolute atomic E-state index is 0.132. The first-order chi connectivity index (χ1) is 13.1. The van der Waals surface area contributed by atoms with Gasteiger partial charge in [0.2, 0.25) is 5.91 Å². The van der Waals surface area contributed by atoms with E-state index in [2.05, 4.69) is 37.1 Å². The summed E-state index contributed by atoms with van der Waals surface area (Å²) in [6.45, 7) is 6.62. The summed E-state index contributed by atoms with van der Waals surface area (Å²) in [5, 5.41) is 15.7. The van der Waals surface area contributed by atoms with Gasteiger partial charge in [-0.25, -0.2) is 0 Å². The predicted octanol–water partition coefficient (Wildman–Crippen LogP) is 3.56. The molecule has 0 spiro atoms. The maximum Gasteiger partial charge on any atom is 0.239 e. The van der Waals surface area contributed by atoms with Gasteiger partial charge in [0, 0.05) is 30.6 Å². The highest BCUT2D eigenvalue weighted by Crippen LogP contribution is 2.29. The van der Waals surface area contributed by atoms with Crippen LogP contribution in [0.15, 0.2) is 40.3 Å². The van der Waals surface area contributed by atoms with Crippen LogP contribution in [0.5, 0.6) is 0 Å². The third-order valence-electron chi connectivity index (χ3n) is 3.89. The van der Waals surface area contributed by atoms with Crippen LogP contribution in [0.3, 0.4) is 0 Å². The van der Waals surface area contributed by atoms with Gasteiger partial charge in [-0.1, -0.05) is 30.8 Å². The summed E-state index contributed by atoms with van der Waals surface area (Å²) in [6.07, 6.45) is 5.05. The van der Waals surface area contributed by atoms with E-state index in [-0.39, 0.29) is 11.2 Å². The van der Waals surface area contributed by atoms with Gasteiger partial charge >= 0.3 is 0 Å². The summed E-state index contributed by atoms with van der Waals surface area (Å²) in [6, 6.07) is 5.50. The lowest BCUT2D eigenvalue weighted by Gasteiger charge is -2.14. The quantitative estimate of drug-likeness (QED) is 0.591. The smallest absolute Gasteiger partial charge is 0.239 e. The Morgan fingerprint density at radius 2 is 2.07 bits per heavy atom. The molecule has 1 unspecified atom stereocenters. The van der Waals surface area contributed by atoms with E-state index in [0.717, 1.165) is 29.5 Å². The van der Waals surface area contributed by atoms with Crippen LogP contribution in [0, 0.1) is 6.92 Å². The number of aromatic nitrogens is 5. The van der Waals surface area contributed by atoms with Crippen LogP contribution in [0.25, 0.3) is 11.4 Å². The first-order valence-electron chi connectivity index (χ1n) is 8.86. The summed E-state index contributed by atoms with van der Waals surface area (Å²) >= 11 is 1.41. The van der Waals surface area contributed by atoms with E-state index in [0.29, 0.717) is 18.0 Å². The van der Waals surface area contributed by atoms with E-state index >= 15 is 0 Å². The van der Waals surface area contributed by atoms with E-state index in [4.69, 9.17) is 4.52 Å². The molecule has 0 aromatic carbocycles. The van der Waals surface area contributed by atoms with Crippen molar-refractivity contribution >= 4 is 23.5 Å². The molecular weight excluding hydrogens is 364 g/mol. The van der Waals surface area contributed by atoms with Crippen molar-refractivity contribution in [3.05, 3.63) is 36.4 Å². The van der Waals surface area contributed by atoms with Gasteiger partial charge in [0.1, 0.15) is 5.76 Å². The van der Waals surface area contributed by atoms with E-state index < -0.39 is 0 Å². The highest BCUT2D eigenvalue weighted by molar-refractivity contribution is 8.00. The van der Waals surface area contributed by atoms with Crippen LogP contribution < -0.4 is 5.32 Å². The fourth-order valence-corrected chi connectivity index (χ4v) is 3.58. The molecule has 142 valence electrons. The second-order valence-corrected chi connectivity index (χ2v) is 7.19. The molecule has 3 heterocycles. The number of nitrogens with zero attached hydrogens (tertiary/aromatic N) is 5. The van der Waals surface area contributed by atoms with Crippen molar-refractivity contribution in [2.75, 3.05) is 5.32 Å². The molecule has 27 heavy (non-hydrogen) atoms. The van der Waals surface area contributed by atoms with Crippen molar-refractivity contribution in [2.24, 2.45) is 0 Å². The molecule has 0 fully saturated rings. The Labute approximate surface area is 161 Å². The van der Waals surface area contributed by atoms with Gasteiger partial charge < -0.3 is 14.4 Å². The van der Waals surface area contributed by atoms with Gasteiger partial charge in [0.15, 0.2) is 16.8 Å². The summed E-state index contributed by atoms with van der Waals surface area (Å²) < 4.78 is 7.05. The summed E-state index contributed by atoms with van der Waals surface area (Å²) in [5.74, 6) is 1.72. The van der Waals surface area contributed by atoms with Gasteiger partial charge in [-0.15, -0.1) is 10.2 Å². The Balaban J connectivity index is 1.80. The van der Waals surface area contributed by atoms with Gasteiger partial charge in [-0.05, 0) is 31.9 Å². The number of anilines is 1. The number of pyridine rings is 1. The molecule has 0 aliphatic carbocycles. The SMILES string of the molecule is CCCn1c(SC(CC)C(=O)Nc2cc(C)on2)nnc1-c1ccncc1. The van der Waals surface area contributed by atoms with Gasteiger partial charge in [0.05, 0.1) is 5.25 Å². The largest absolute Gasteiger partial charge is 0.360 e. The van der Waals surface area contributed by atoms with E-state index in [1.54, 1.807) is 25.4 Å². The summed E-state index contributed by atoms with van der Waals surface area (Å²) in [7, 11) is 0. The monoisotopic (exact) mass is 386 g/mol. The molecule has 1 amide bonds. The highest BCUT2D eigenvalue weighted by atomic mass is 32.2. The number of nitrogens with one attached hydrogen (secondary N) is 1. The first kappa shape index (κ1) is 19.1. The molecule has 0 bridgehead atoms. The Morgan fingerprint density at radius 1 is 1.30 bits per heavy atom. The molecule has 1 N–H and O–H groups in total. The number of rotatable bonds is 8. The fourth-order valence-electron chi connectivity index (χ4n) is 2.60. The number of carbonyl (C=O) groups is 1. The topological polar surface area (TPSA) is 98.7 Å². The molecule has 3 aromatic heterocycles. The first-order valence-corrected chi connectivity index (χ1v) is 9.74. The molecule has 0 saturated carbocycles. The average molecular weight is 386 g/mol. The molecular formula is C18H22N6O2S. The van der Waals surface area contributed by atoms with Crippen molar-refractivity contribution in [2.45, 2.75) is 50.6 Å². The molecule has 3 rings (SSSR count). The van der Waals surface area contributed by atoms with Crippen molar-refractivity contribution in [3.63, 3.8) is 0 Å². The number of hydrogen-bond donors (Lipinski definition) is 1. The molecule has 8 nitrogen and oxygen atoms in total. The van der Waals surface area contributed by atoms with Crippen molar-refractivity contribution in [1.82, 2.24) is 24.9 Å². The lowest BCUT2D eigenvalue weighted by Crippen LogP contribution is -2.25. The van der Waals surface area contributed by atoms with Crippen LogP contribution in [0.4, 0.5) is 5.82 Å². The molecule has 3 aromatic rings. The maximum atomic E-state index is 12.6. The molecule has 0 radical (unpaired) electrons. The zero-order valence-electron chi connectivity index (χ0n) is 15.5. The minimum atomic E-state index is -0.313. The molecule has 0 aliphatic heterocycles. The van der Waals surface area contributed by atoms with Crippen LogP contribution >= 0.6 is 11.8 Å². The van der Waals surface area contributed by atoms with Gasteiger partial charge in [0.25, 0.3) is 0 Å². The Bertz CT molecular complexity index is 892. The summed E-state index contributed by atoms with van der Waals surface area (Å²) in [4.78, 5) is 16.7. The van der Waals surface area contributed by atoms with Crippen LogP contribution in [-0.2, 0) is 11.3 Å². The number of aryl methyl sites for hydroxylation is 1. The third kappa shape index (κ3) is 4.54. The normalized spacial score (nSPS) is 12.1. The number of carbonyl (C=O) groups excluding carboxylic acids is 1. The lowest BCUT2D eigenvalue weighted by molar-refractivity contribution is -0.115. The molecule has 9 heteroatoms. The van der Waals surface area contributed by atoms with Crippen molar-refractivity contribution < 1.29 is 9.32 Å². The van der Waals surface area contributed by atoms with Crippen LogP contribution in [0.2, 0.25) is 0 Å². The van der Waals surface area contributed by atoms with Crippen LogP contribution in [-0.4, -0.2) is 36.1 Å². The van der Waals surface area contributed by atoms with E-state index in [1.165, 1.54) is 11.8 Å². The van der Waals surface area contributed by atoms with Gasteiger partial charge in [-0.3, -0.25) is 9.78 Å². The number of amides is 1. The molecule has 0 aliphatic rings. The standard InChI is InChI=1S/C18H22N6O2S/c1-4-10-24-16(13-6-8-19-9-7-13)21-22-18(24)27-14(5-2)17(25)20-15-11-12(3)26-23-15/h6-9,11,14H,4-5,10H2,1-3H3,(H,20,23,25). The number of hydrogen-bond acceptors (Lipinski definition) is 7. The van der Waals surface area contributed by atoms with E-state index in [9.17, 15) is 4.79 Å². The molecule has 1 atom stereocenters. The summed E-state index contributed by atoms with van der Waals surface area (Å²) in [5.41, 5.74) is 0.952. The lowest BCUT2D eigenvalue weighted by atomic mass is 10.2. The maximum absolute atomic E-state index is 12.6. The minimum Gasteiger partial charge on any atom is -0.360 e. The van der Waals surface area contributed by atoms with Crippen LogP contribution in [0.1, 0.15) is 32.4 Å². The van der Waals surface area contributed by atoms with Gasteiger partial charge in [-0.2, -0.15) is 0 Å². The molecule has 0 saturated heterocycles. The Kier molecular flexibility index (Phi) is 6.23. The van der Waals surface area contributed by atoms with Crippen molar-refractivity contribution in [3.8, 4) is 11.4 Å². The predicted molar refractivity (Wildman–Crippen MR) is 103 cm³/mol. The van der Waals surface area contributed by atoms with Crippen molar-refractivity contribution in [1.29, 1.82) is 0 Å². The highest BCUT2D eigenvalue weighted by Gasteiger charge is 2.23. The number of thioether (sulfide) groups is 1. The third-order valence-corrected chi connectivity index (χ3v) is 5.24. The average Bonchev–Trinajstić information content (AvgIpc) is 3.26. The second kappa shape index (κ2) is 8.81. The fraction of sp³-hybridized carbons (Fsp3) is 0.389. The second-order valence-electron chi connectivity index (χ2n) is 6.02. The zero-order chi connectivity index (χ0) is 19.2. The Hall–Kier alpha value is -2.68.